The van der Waals surface area contributed by atoms with Crippen LogP contribution in [-0.2, 0) is 27.2 Å². The summed E-state index contributed by atoms with van der Waals surface area (Å²) in [6, 6.07) is 0. The molecule has 8 nitrogen and oxygen atoms in total. The SMILES string of the molecule is Cc1c(CN2CCC(c3nnc(CN(C)CCO)n3C)CC2)cnn1C. The van der Waals surface area contributed by atoms with Crippen molar-refractivity contribution in [1.82, 2.24) is 34.3 Å². The van der Waals surface area contributed by atoms with Gasteiger partial charge in [-0.25, -0.2) is 0 Å². The lowest BCUT2D eigenvalue weighted by molar-refractivity contribution is 0.199. The van der Waals surface area contributed by atoms with Crippen LogP contribution in [0.25, 0.3) is 0 Å². The van der Waals surface area contributed by atoms with Gasteiger partial charge >= 0.3 is 0 Å². The molecule has 0 atom stereocenters. The molecular formula is C18H31N7O. The smallest absolute Gasteiger partial charge is 0.146 e. The molecule has 26 heavy (non-hydrogen) atoms. The van der Waals surface area contributed by atoms with Crippen molar-refractivity contribution >= 4 is 0 Å². The lowest BCUT2D eigenvalue weighted by Crippen LogP contribution is -2.33. The zero-order chi connectivity index (χ0) is 18.7. The largest absolute Gasteiger partial charge is 0.395 e. The summed E-state index contributed by atoms with van der Waals surface area (Å²) in [5, 5.41) is 22.2. The van der Waals surface area contributed by atoms with Crippen molar-refractivity contribution in [2.75, 3.05) is 33.3 Å². The first kappa shape index (κ1) is 19.0. The maximum Gasteiger partial charge on any atom is 0.146 e. The highest BCUT2D eigenvalue weighted by Gasteiger charge is 2.25. The molecule has 0 saturated carbocycles. The molecule has 1 saturated heterocycles. The first-order chi connectivity index (χ1) is 12.5. The number of hydrogen-bond donors (Lipinski definition) is 1. The second kappa shape index (κ2) is 8.28. The van der Waals surface area contributed by atoms with E-state index < -0.39 is 0 Å². The lowest BCUT2D eigenvalue weighted by atomic mass is 9.95. The van der Waals surface area contributed by atoms with Crippen molar-refractivity contribution in [3.05, 3.63) is 29.1 Å². The van der Waals surface area contributed by atoms with Crippen molar-refractivity contribution in [2.45, 2.75) is 38.8 Å². The number of piperidine rings is 1. The van der Waals surface area contributed by atoms with E-state index in [0.717, 1.165) is 44.1 Å². The van der Waals surface area contributed by atoms with Gasteiger partial charge in [-0.15, -0.1) is 10.2 Å². The van der Waals surface area contributed by atoms with Crippen molar-refractivity contribution < 1.29 is 5.11 Å². The van der Waals surface area contributed by atoms with E-state index in [9.17, 15) is 0 Å². The Hall–Kier alpha value is -1.77. The fourth-order valence-electron chi connectivity index (χ4n) is 3.65. The van der Waals surface area contributed by atoms with E-state index in [4.69, 9.17) is 5.11 Å². The van der Waals surface area contributed by atoms with Gasteiger partial charge in [0, 0.05) is 44.4 Å². The van der Waals surface area contributed by atoms with Gasteiger partial charge in [-0.2, -0.15) is 5.10 Å². The summed E-state index contributed by atoms with van der Waals surface area (Å²) in [5.74, 6) is 2.52. The van der Waals surface area contributed by atoms with Gasteiger partial charge in [0.05, 0.1) is 19.3 Å². The molecule has 1 aliphatic heterocycles. The van der Waals surface area contributed by atoms with Crippen LogP contribution >= 0.6 is 0 Å². The third-order valence-electron chi connectivity index (χ3n) is 5.58. The van der Waals surface area contributed by atoms with Crippen molar-refractivity contribution in [2.24, 2.45) is 14.1 Å². The van der Waals surface area contributed by atoms with Crippen molar-refractivity contribution in [3.63, 3.8) is 0 Å². The number of aliphatic hydroxyl groups excluding tert-OH is 1. The maximum atomic E-state index is 9.05. The van der Waals surface area contributed by atoms with E-state index in [-0.39, 0.29) is 6.61 Å². The van der Waals surface area contributed by atoms with E-state index in [1.54, 1.807) is 0 Å². The first-order valence-electron chi connectivity index (χ1n) is 9.37. The molecule has 2 aromatic heterocycles. The second-order valence-corrected chi connectivity index (χ2v) is 7.42. The fourth-order valence-corrected chi connectivity index (χ4v) is 3.65. The van der Waals surface area contributed by atoms with Gasteiger partial charge in [0.15, 0.2) is 0 Å². The van der Waals surface area contributed by atoms with E-state index in [1.165, 1.54) is 11.3 Å². The Labute approximate surface area is 155 Å². The van der Waals surface area contributed by atoms with E-state index in [0.29, 0.717) is 19.0 Å². The van der Waals surface area contributed by atoms with Gasteiger partial charge in [0.2, 0.25) is 0 Å². The summed E-state index contributed by atoms with van der Waals surface area (Å²) in [7, 11) is 6.04. The van der Waals surface area contributed by atoms with Crippen LogP contribution in [0.3, 0.4) is 0 Å². The average molecular weight is 361 g/mol. The standard InChI is InChI=1S/C18H31N7O/c1-14-16(11-19-24(14)4)12-25-7-5-15(6-8-25)18-21-20-17(23(18)3)13-22(2)9-10-26/h11,15,26H,5-10,12-13H2,1-4H3. The van der Waals surface area contributed by atoms with Crippen LogP contribution in [0.15, 0.2) is 6.20 Å². The van der Waals surface area contributed by atoms with Gasteiger partial charge in [-0.05, 0) is 39.9 Å². The highest BCUT2D eigenvalue weighted by Crippen LogP contribution is 2.28. The maximum absolute atomic E-state index is 9.05. The normalized spacial score (nSPS) is 16.7. The number of aromatic nitrogens is 5. The van der Waals surface area contributed by atoms with Gasteiger partial charge in [0.1, 0.15) is 11.6 Å². The quantitative estimate of drug-likeness (QED) is 0.781. The topological polar surface area (TPSA) is 75.2 Å². The monoisotopic (exact) mass is 361 g/mol. The minimum Gasteiger partial charge on any atom is -0.395 e. The molecule has 2 aromatic rings. The van der Waals surface area contributed by atoms with Crippen LogP contribution in [0.1, 0.15) is 41.7 Å². The molecule has 0 aliphatic carbocycles. The highest BCUT2D eigenvalue weighted by molar-refractivity contribution is 5.16. The molecule has 0 bridgehead atoms. The number of aliphatic hydroxyl groups is 1. The number of rotatable bonds is 7. The average Bonchev–Trinajstić information content (AvgIpc) is 3.13. The minimum absolute atomic E-state index is 0.163. The molecule has 1 fully saturated rings. The summed E-state index contributed by atoms with van der Waals surface area (Å²) in [4.78, 5) is 4.57. The molecule has 1 N–H and O–H groups in total. The Morgan fingerprint density at radius 3 is 2.58 bits per heavy atom. The number of likely N-dealkylation sites (tertiary alicyclic amines) is 1. The van der Waals surface area contributed by atoms with Crippen molar-refractivity contribution in [1.29, 1.82) is 0 Å². The first-order valence-corrected chi connectivity index (χ1v) is 9.37. The highest BCUT2D eigenvalue weighted by atomic mass is 16.3. The number of hydrogen-bond acceptors (Lipinski definition) is 6. The third kappa shape index (κ3) is 4.13. The summed E-state index contributed by atoms with van der Waals surface area (Å²) < 4.78 is 4.08. The number of aryl methyl sites for hydroxylation is 1. The van der Waals surface area contributed by atoms with Gasteiger partial charge < -0.3 is 9.67 Å². The molecule has 0 aromatic carbocycles. The number of likely N-dealkylation sites (N-methyl/N-ethyl adjacent to an activating group) is 1. The van der Waals surface area contributed by atoms with Crippen molar-refractivity contribution in [3.8, 4) is 0 Å². The van der Waals surface area contributed by atoms with E-state index in [2.05, 4.69) is 43.6 Å². The van der Waals surface area contributed by atoms with E-state index in [1.807, 2.05) is 25.0 Å². The van der Waals surface area contributed by atoms with Crippen LogP contribution in [0.5, 0.6) is 0 Å². The summed E-state index contributed by atoms with van der Waals surface area (Å²) in [6.07, 6.45) is 4.20. The van der Waals surface area contributed by atoms with Crippen LogP contribution in [-0.4, -0.2) is 72.7 Å². The third-order valence-corrected chi connectivity index (χ3v) is 5.58. The lowest BCUT2D eigenvalue weighted by Gasteiger charge is -2.31. The zero-order valence-electron chi connectivity index (χ0n) is 16.4. The Morgan fingerprint density at radius 1 is 1.23 bits per heavy atom. The Morgan fingerprint density at radius 2 is 1.96 bits per heavy atom. The van der Waals surface area contributed by atoms with Gasteiger partial charge in [0.25, 0.3) is 0 Å². The number of nitrogens with zero attached hydrogens (tertiary/aromatic N) is 7. The zero-order valence-corrected chi connectivity index (χ0v) is 16.4. The summed E-state index contributed by atoms with van der Waals surface area (Å²) >= 11 is 0. The molecule has 0 spiro atoms. The molecule has 0 amide bonds. The molecule has 0 radical (unpaired) electrons. The van der Waals surface area contributed by atoms with Gasteiger partial charge in [-0.1, -0.05) is 0 Å². The van der Waals surface area contributed by atoms with Crippen LogP contribution in [0.2, 0.25) is 0 Å². The second-order valence-electron chi connectivity index (χ2n) is 7.42. The molecular weight excluding hydrogens is 330 g/mol. The van der Waals surface area contributed by atoms with Crippen LogP contribution in [0, 0.1) is 6.92 Å². The molecule has 1 aliphatic rings. The molecule has 8 heteroatoms. The van der Waals surface area contributed by atoms with Crippen LogP contribution < -0.4 is 0 Å². The van der Waals surface area contributed by atoms with Gasteiger partial charge in [-0.3, -0.25) is 14.5 Å². The predicted molar refractivity (Wildman–Crippen MR) is 99.6 cm³/mol. The molecule has 144 valence electrons. The van der Waals surface area contributed by atoms with E-state index >= 15 is 0 Å². The molecule has 3 heterocycles. The Kier molecular flexibility index (Phi) is 6.05. The summed E-state index contributed by atoms with van der Waals surface area (Å²) in [5.41, 5.74) is 2.57. The van der Waals surface area contributed by atoms with Crippen LogP contribution in [0.4, 0.5) is 0 Å². The molecule has 3 rings (SSSR count). The minimum atomic E-state index is 0.163. The Bertz CT molecular complexity index is 715. The predicted octanol–water partition coefficient (Wildman–Crippen LogP) is 0.661. The molecule has 0 unspecified atom stereocenters. The summed E-state index contributed by atoms with van der Waals surface area (Å²) in [6.45, 7) is 6.78. The fraction of sp³-hybridized carbons (Fsp3) is 0.722. The Balaban J connectivity index is 1.56.